The van der Waals surface area contributed by atoms with Gasteiger partial charge in [-0.15, -0.1) is 0 Å². The van der Waals surface area contributed by atoms with Gasteiger partial charge in [-0.3, -0.25) is 4.68 Å². The molecule has 0 bridgehead atoms. The molecule has 126 valence electrons. The molecule has 1 aliphatic heterocycles. The van der Waals surface area contributed by atoms with Gasteiger partial charge >= 0.3 is 0 Å². The predicted octanol–water partition coefficient (Wildman–Crippen LogP) is 2.00. The van der Waals surface area contributed by atoms with Gasteiger partial charge in [-0.05, 0) is 51.6 Å². The first-order valence-corrected chi connectivity index (χ1v) is 8.39. The monoisotopic (exact) mass is 309 g/mol. The first kappa shape index (κ1) is 17.4. The zero-order chi connectivity index (χ0) is 16.2. The predicted molar refractivity (Wildman–Crippen MR) is 88.0 cm³/mol. The second-order valence-corrected chi connectivity index (χ2v) is 6.80. The quantitative estimate of drug-likeness (QED) is 0.837. The van der Waals surface area contributed by atoms with Gasteiger partial charge in [0.05, 0.1) is 11.3 Å². The van der Waals surface area contributed by atoms with Crippen LogP contribution in [0.4, 0.5) is 0 Å². The molecular weight excluding hydrogens is 278 g/mol. The molecule has 2 atom stereocenters. The lowest BCUT2D eigenvalue weighted by Gasteiger charge is -2.43. The number of hydrogen-bond acceptors (Lipinski definition) is 4. The fraction of sp³-hybridized carbons (Fsp3) is 0.824. The molecule has 1 aromatic heterocycles. The maximum absolute atomic E-state index is 10.7. The Kier molecular flexibility index (Phi) is 6.01. The van der Waals surface area contributed by atoms with E-state index in [0.717, 1.165) is 51.1 Å². The highest BCUT2D eigenvalue weighted by Gasteiger charge is 2.38. The van der Waals surface area contributed by atoms with E-state index < -0.39 is 5.60 Å². The highest BCUT2D eigenvalue weighted by molar-refractivity contribution is 5.06. The Bertz CT molecular complexity index is 474. The second kappa shape index (κ2) is 7.57. The summed E-state index contributed by atoms with van der Waals surface area (Å²) in [6.07, 6.45) is 2.69. The highest BCUT2D eigenvalue weighted by Crippen LogP contribution is 2.30. The summed E-state index contributed by atoms with van der Waals surface area (Å²) in [5, 5.41) is 15.2. The molecule has 1 N–H and O–H groups in total. The molecule has 1 aromatic rings. The SMILES string of the molecule is COCC[C@]1(O)CCN(CCCn2nc(C)cc2C)C[C@H]1C. The largest absolute Gasteiger partial charge is 0.389 e. The first-order valence-electron chi connectivity index (χ1n) is 8.39. The fourth-order valence-electron chi connectivity index (χ4n) is 3.45. The van der Waals surface area contributed by atoms with E-state index >= 15 is 0 Å². The maximum atomic E-state index is 10.7. The Morgan fingerprint density at radius 3 is 2.77 bits per heavy atom. The van der Waals surface area contributed by atoms with Gasteiger partial charge in [-0.1, -0.05) is 6.92 Å². The van der Waals surface area contributed by atoms with Crippen LogP contribution in [-0.4, -0.2) is 58.7 Å². The van der Waals surface area contributed by atoms with Crippen LogP contribution >= 0.6 is 0 Å². The van der Waals surface area contributed by atoms with Crippen molar-refractivity contribution in [2.75, 3.05) is 33.4 Å². The molecule has 0 aromatic carbocycles. The lowest BCUT2D eigenvalue weighted by molar-refractivity contribution is -0.0814. The first-order chi connectivity index (χ1) is 10.4. The number of likely N-dealkylation sites (tertiary alicyclic amines) is 1. The number of hydrogen-bond donors (Lipinski definition) is 1. The Morgan fingerprint density at radius 2 is 2.18 bits per heavy atom. The van der Waals surface area contributed by atoms with E-state index in [9.17, 15) is 5.11 Å². The molecule has 1 saturated heterocycles. The molecule has 22 heavy (non-hydrogen) atoms. The standard InChI is InChI=1S/C17H31N3O2/c1-14-13-19(10-6-17(14,21)7-11-22-4)8-5-9-20-16(3)12-15(2)18-20/h12,14,21H,5-11,13H2,1-4H3/t14-,17-/m1/s1. The highest BCUT2D eigenvalue weighted by atomic mass is 16.5. The summed E-state index contributed by atoms with van der Waals surface area (Å²) in [5.74, 6) is 0.296. The van der Waals surface area contributed by atoms with Crippen molar-refractivity contribution in [3.63, 3.8) is 0 Å². The van der Waals surface area contributed by atoms with Crippen molar-refractivity contribution in [2.45, 2.75) is 52.2 Å². The van der Waals surface area contributed by atoms with Crippen molar-refractivity contribution in [1.29, 1.82) is 0 Å². The van der Waals surface area contributed by atoms with Crippen LogP contribution in [0.3, 0.4) is 0 Å². The van der Waals surface area contributed by atoms with Crippen LogP contribution in [-0.2, 0) is 11.3 Å². The molecule has 0 unspecified atom stereocenters. The van der Waals surface area contributed by atoms with E-state index in [-0.39, 0.29) is 0 Å². The lowest BCUT2D eigenvalue weighted by Crippen LogP contribution is -2.51. The van der Waals surface area contributed by atoms with E-state index in [4.69, 9.17) is 4.74 Å². The van der Waals surface area contributed by atoms with Gasteiger partial charge in [0.2, 0.25) is 0 Å². The van der Waals surface area contributed by atoms with Crippen LogP contribution in [0.25, 0.3) is 0 Å². The Morgan fingerprint density at radius 1 is 1.41 bits per heavy atom. The van der Waals surface area contributed by atoms with Crippen LogP contribution in [0.5, 0.6) is 0 Å². The van der Waals surface area contributed by atoms with E-state index in [1.165, 1.54) is 5.69 Å². The molecule has 2 heterocycles. The number of aliphatic hydroxyl groups is 1. The molecule has 1 fully saturated rings. The van der Waals surface area contributed by atoms with E-state index in [1.807, 2.05) is 6.92 Å². The smallest absolute Gasteiger partial charge is 0.0719 e. The number of nitrogens with zero attached hydrogens (tertiary/aromatic N) is 3. The molecule has 0 amide bonds. The maximum Gasteiger partial charge on any atom is 0.0719 e. The molecule has 5 nitrogen and oxygen atoms in total. The van der Waals surface area contributed by atoms with Gasteiger partial charge in [-0.2, -0.15) is 5.10 Å². The van der Waals surface area contributed by atoms with Gasteiger partial charge < -0.3 is 14.7 Å². The average molecular weight is 309 g/mol. The van der Waals surface area contributed by atoms with Crippen LogP contribution in [0.2, 0.25) is 0 Å². The lowest BCUT2D eigenvalue weighted by atomic mass is 9.80. The summed E-state index contributed by atoms with van der Waals surface area (Å²) < 4.78 is 7.22. The molecular formula is C17H31N3O2. The minimum atomic E-state index is -0.553. The van der Waals surface area contributed by atoms with Crippen LogP contribution in [0, 0.1) is 19.8 Å². The number of aryl methyl sites for hydroxylation is 3. The Balaban J connectivity index is 1.75. The summed E-state index contributed by atoms with van der Waals surface area (Å²) >= 11 is 0. The van der Waals surface area contributed by atoms with E-state index in [1.54, 1.807) is 7.11 Å². The van der Waals surface area contributed by atoms with Crippen LogP contribution in [0.15, 0.2) is 6.07 Å². The summed E-state index contributed by atoms with van der Waals surface area (Å²) in [4.78, 5) is 2.47. The topological polar surface area (TPSA) is 50.5 Å². The minimum absolute atomic E-state index is 0.296. The van der Waals surface area contributed by atoms with Gasteiger partial charge in [0.15, 0.2) is 0 Å². The van der Waals surface area contributed by atoms with Gasteiger partial charge in [-0.25, -0.2) is 0 Å². The van der Waals surface area contributed by atoms with Crippen molar-refractivity contribution in [1.82, 2.24) is 14.7 Å². The van der Waals surface area contributed by atoms with Gasteiger partial charge in [0, 0.05) is 39.0 Å². The molecule has 0 aliphatic carbocycles. The van der Waals surface area contributed by atoms with Crippen molar-refractivity contribution < 1.29 is 9.84 Å². The molecule has 0 spiro atoms. The van der Waals surface area contributed by atoms with Crippen molar-refractivity contribution in [2.24, 2.45) is 5.92 Å². The third-order valence-electron chi connectivity index (χ3n) is 5.00. The number of rotatable bonds is 7. The number of methoxy groups -OCH3 is 1. The number of ether oxygens (including phenoxy) is 1. The average Bonchev–Trinajstić information content (AvgIpc) is 2.79. The molecule has 2 rings (SSSR count). The van der Waals surface area contributed by atoms with E-state index in [2.05, 4.69) is 34.6 Å². The Hall–Kier alpha value is -0.910. The van der Waals surface area contributed by atoms with Crippen molar-refractivity contribution >= 4 is 0 Å². The zero-order valence-electron chi connectivity index (χ0n) is 14.5. The number of piperidine rings is 1. The zero-order valence-corrected chi connectivity index (χ0v) is 14.5. The van der Waals surface area contributed by atoms with E-state index in [0.29, 0.717) is 12.5 Å². The second-order valence-electron chi connectivity index (χ2n) is 6.80. The van der Waals surface area contributed by atoms with Crippen LogP contribution < -0.4 is 0 Å². The molecule has 0 radical (unpaired) electrons. The van der Waals surface area contributed by atoms with Crippen molar-refractivity contribution in [3.05, 3.63) is 17.5 Å². The van der Waals surface area contributed by atoms with Crippen molar-refractivity contribution in [3.8, 4) is 0 Å². The third kappa shape index (κ3) is 4.31. The summed E-state index contributed by atoms with van der Waals surface area (Å²) in [5.41, 5.74) is 1.77. The fourth-order valence-corrected chi connectivity index (χ4v) is 3.45. The molecule has 0 saturated carbocycles. The summed E-state index contributed by atoms with van der Waals surface area (Å²) in [6, 6.07) is 2.12. The van der Waals surface area contributed by atoms with Gasteiger partial charge in [0.1, 0.15) is 0 Å². The molecule has 1 aliphatic rings. The third-order valence-corrected chi connectivity index (χ3v) is 5.00. The minimum Gasteiger partial charge on any atom is -0.389 e. The van der Waals surface area contributed by atoms with Crippen LogP contribution in [0.1, 0.15) is 37.6 Å². The van der Waals surface area contributed by atoms with Gasteiger partial charge in [0.25, 0.3) is 0 Å². The molecule has 5 heteroatoms. The Labute approximate surface area is 134 Å². The number of aromatic nitrogens is 2. The summed E-state index contributed by atoms with van der Waals surface area (Å²) in [7, 11) is 1.70. The summed E-state index contributed by atoms with van der Waals surface area (Å²) in [6.45, 7) is 10.9. The normalized spacial score (nSPS) is 26.5.